The Kier molecular flexibility index (Phi) is 2.38. The summed E-state index contributed by atoms with van der Waals surface area (Å²) in [5, 5.41) is 9.80. The first kappa shape index (κ1) is 9.15. The zero-order valence-electron chi connectivity index (χ0n) is 6.85. The Bertz CT molecular complexity index is 368. The van der Waals surface area contributed by atoms with E-state index >= 15 is 0 Å². The molecule has 0 saturated heterocycles. The summed E-state index contributed by atoms with van der Waals surface area (Å²) in [6, 6.07) is 0. The molecule has 0 spiro atoms. The van der Waals surface area contributed by atoms with Crippen molar-refractivity contribution in [3.05, 3.63) is 33.7 Å². The third-order valence-electron chi connectivity index (χ3n) is 2.13. The van der Waals surface area contributed by atoms with E-state index in [0.29, 0.717) is 17.9 Å². The van der Waals surface area contributed by atoms with Gasteiger partial charge in [-0.25, -0.2) is 0 Å². The maximum Gasteiger partial charge on any atom is 0.0841 e. The largest absolute Gasteiger partial charge is 0.388 e. The van der Waals surface area contributed by atoms with Crippen molar-refractivity contribution in [1.82, 2.24) is 0 Å². The lowest BCUT2D eigenvalue weighted by Gasteiger charge is -2.07. The molecule has 0 saturated carbocycles. The first-order valence-electron chi connectivity index (χ1n) is 4.10. The topological polar surface area (TPSA) is 20.2 Å². The van der Waals surface area contributed by atoms with Gasteiger partial charge in [0.25, 0.3) is 0 Å². The highest BCUT2D eigenvalue weighted by Gasteiger charge is 2.24. The first-order chi connectivity index (χ1) is 6.16. The minimum atomic E-state index is -0.424. The molecule has 0 bridgehead atoms. The molecule has 0 aromatic rings. The van der Waals surface area contributed by atoms with Gasteiger partial charge in [0, 0.05) is 24.0 Å². The molecule has 68 valence electrons. The fourth-order valence-corrected chi connectivity index (χ4v) is 2.19. The van der Waals surface area contributed by atoms with Crippen molar-refractivity contribution in [2.24, 2.45) is 0 Å². The number of halogens is 2. The number of allylic oxidation sites excluding steroid dienone is 1. The van der Waals surface area contributed by atoms with Crippen LogP contribution in [0.1, 0.15) is 12.8 Å². The minimum absolute atomic E-state index is 0.103. The number of aliphatic hydroxyl groups is 1. The minimum Gasteiger partial charge on any atom is -0.388 e. The van der Waals surface area contributed by atoms with Gasteiger partial charge in [-0.1, -0.05) is 17.3 Å². The van der Waals surface area contributed by atoms with Crippen molar-refractivity contribution in [2.75, 3.05) is 0 Å². The van der Waals surface area contributed by atoms with Crippen LogP contribution in [0.4, 0.5) is 0 Å². The predicted octanol–water partition coefficient (Wildman–Crippen LogP) is 2.49. The Balaban J connectivity index is 2.29. The average Bonchev–Trinajstić information content (AvgIpc) is 2.58. The molecule has 2 aliphatic carbocycles. The van der Waals surface area contributed by atoms with E-state index in [1.807, 2.05) is 0 Å². The second kappa shape index (κ2) is 3.38. The predicted molar refractivity (Wildman–Crippen MR) is 52.9 cm³/mol. The second-order valence-corrected chi connectivity index (χ2v) is 4.16. The monoisotopic (exact) mass is 214 g/mol. The molecule has 0 heterocycles. The smallest absolute Gasteiger partial charge is 0.0841 e. The summed E-state index contributed by atoms with van der Waals surface area (Å²) < 4.78 is 0. The van der Waals surface area contributed by atoms with Crippen LogP contribution in [0, 0.1) is 0 Å². The van der Waals surface area contributed by atoms with E-state index in [0.717, 1.165) is 11.1 Å². The molecule has 0 aromatic heterocycles. The van der Waals surface area contributed by atoms with E-state index in [1.54, 1.807) is 6.08 Å². The zero-order chi connectivity index (χ0) is 9.42. The quantitative estimate of drug-likeness (QED) is 0.526. The SMILES string of the molecule is OC1C=C=C(C2=C=C(Cl)CC2Cl)C1. The Hall–Kier alpha value is -0.420. The fourth-order valence-electron chi connectivity index (χ4n) is 1.51. The Morgan fingerprint density at radius 3 is 2.69 bits per heavy atom. The third kappa shape index (κ3) is 1.76. The number of rotatable bonds is 1. The number of aliphatic hydroxyl groups excluding tert-OH is 1. The van der Waals surface area contributed by atoms with Gasteiger partial charge in [0.05, 0.1) is 16.5 Å². The van der Waals surface area contributed by atoms with Gasteiger partial charge in [-0.15, -0.1) is 17.3 Å². The van der Waals surface area contributed by atoms with Crippen LogP contribution in [0.5, 0.6) is 0 Å². The van der Waals surface area contributed by atoms with Gasteiger partial charge in [0.2, 0.25) is 0 Å². The van der Waals surface area contributed by atoms with Crippen LogP contribution in [0.2, 0.25) is 0 Å². The molecule has 2 atom stereocenters. The van der Waals surface area contributed by atoms with Crippen LogP contribution < -0.4 is 0 Å². The van der Waals surface area contributed by atoms with Gasteiger partial charge in [-0.05, 0) is 6.08 Å². The van der Waals surface area contributed by atoms with E-state index in [9.17, 15) is 5.11 Å². The van der Waals surface area contributed by atoms with Gasteiger partial charge in [-0.3, -0.25) is 0 Å². The molecular formula is C10H8Cl2O. The number of alkyl halides is 1. The summed E-state index contributed by atoms with van der Waals surface area (Å²) in [5.74, 6) is 0. The highest BCUT2D eigenvalue weighted by molar-refractivity contribution is 6.32. The Morgan fingerprint density at radius 1 is 1.46 bits per heavy atom. The lowest BCUT2D eigenvalue weighted by Crippen LogP contribution is -2.04. The lowest BCUT2D eigenvalue weighted by atomic mass is 10.0. The fraction of sp³-hybridized carbons (Fsp3) is 0.400. The molecule has 13 heavy (non-hydrogen) atoms. The molecule has 0 fully saturated rings. The standard InChI is InChI=1S/C10H8Cl2O/c11-7-4-9(10(12)5-7)6-1-2-8(13)3-6/h2,8,10,13H,3,5H2. The molecule has 2 unspecified atom stereocenters. The second-order valence-electron chi connectivity index (χ2n) is 3.18. The number of hydrogen-bond donors (Lipinski definition) is 1. The van der Waals surface area contributed by atoms with Crippen molar-refractivity contribution in [2.45, 2.75) is 24.3 Å². The van der Waals surface area contributed by atoms with E-state index in [-0.39, 0.29) is 5.38 Å². The van der Waals surface area contributed by atoms with E-state index < -0.39 is 6.10 Å². The van der Waals surface area contributed by atoms with Crippen LogP contribution in [0.3, 0.4) is 0 Å². The summed E-state index contributed by atoms with van der Waals surface area (Å²) >= 11 is 11.8. The van der Waals surface area contributed by atoms with Gasteiger partial charge in [0.15, 0.2) is 0 Å². The van der Waals surface area contributed by atoms with Gasteiger partial charge >= 0.3 is 0 Å². The molecule has 3 heteroatoms. The van der Waals surface area contributed by atoms with Crippen LogP contribution >= 0.6 is 23.2 Å². The Morgan fingerprint density at radius 2 is 2.23 bits per heavy atom. The summed E-state index contributed by atoms with van der Waals surface area (Å²) in [4.78, 5) is 0. The summed E-state index contributed by atoms with van der Waals surface area (Å²) in [6.07, 6.45) is 2.43. The number of hydrogen-bond acceptors (Lipinski definition) is 1. The summed E-state index contributed by atoms with van der Waals surface area (Å²) in [5.41, 5.74) is 7.81. The molecule has 2 rings (SSSR count). The van der Waals surface area contributed by atoms with Crippen molar-refractivity contribution in [3.63, 3.8) is 0 Å². The van der Waals surface area contributed by atoms with Crippen LogP contribution in [-0.2, 0) is 0 Å². The molecule has 0 radical (unpaired) electrons. The third-order valence-corrected chi connectivity index (χ3v) is 2.75. The Labute approximate surface area is 86.7 Å². The van der Waals surface area contributed by atoms with Crippen LogP contribution in [0.15, 0.2) is 33.7 Å². The molecule has 0 amide bonds. The van der Waals surface area contributed by atoms with Gasteiger partial charge in [-0.2, -0.15) is 0 Å². The normalized spacial score (nSPS) is 31.8. The zero-order valence-corrected chi connectivity index (χ0v) is 8.36. The van der Waals surface area contributed by atoms with Gasteiger partial charge < -0.3 is 5.11 Å². The molecular weight excluding hydrogens is 207 g/mol. The van der Waals surface area contributed by atoms with Crippen LogP contribution in [-0.4, -0.2) is 16.6 Å². The van der Waals surface area contributed by atoms with E-state index in [1.165, 1.54) is 0 Å². The van der Waals surface area contributed by atoms with Crippen molar-refractivity contribution >= 4 is 23.2 Å². The molecule has 0 aromatic carbocycles. The van der Waals surface area contributed by atoms with E-state index in [4.69, 9.17) is 23.2 Å². The van der Waals surface area contributed by atoms with Crippen LogP contribution in [0.25, 0.3) is 0 Å². The summed E-state index contributed by atoms with van der Waals surface area (Å²) in [6.45, 7) is 0. The maximum atomic E-state index is 9.25. The molecule has 1 nitrogen and oxygen atoms in total. The summed E-state index contributed by atoms with van der Waals surface area (Å²) in [7, 11) is 0. The molecule has 0 aliphatic heterocycles. The van der Waals surface area contributed by atoms with E-state index in [2.05, 4.69) is 11.5 Å². The molecule has 2 aliphatic rings. The molecule has 1 N–H and O–H groups in total. The van der Waals surface area contributed by atoms with Crippen molar-refractivity contribution < 1.29 is 5.11 Å². The lowest BCUT2D eigenvalue weighted by molar-refractivity contribution is 0.229. The first-order valence-corrected chi connectivity index (χ1v) is 4.91. The maximum absolute atomic E-state index is 9.25. The van der Waals surface area contributed by atoms with Gasteiger partial charge in [0.1, 0.15) is 0 Å². The van der Waals surface area contributed by atoms with Crippen molar-refractivity contribution in [1.29, 1.82) is 0 Å². The average molecular weight is 215 g/mol. The highest BCUT2D eigenvalue weighted by Crippen LogP contribution is 2.33. The van der Waals surface area contributed by atoms with Crippen molar-refractivity contribution in [3.8, 4) is 0 Å². The highest BCUT2D eigenvalue weighted by atomic mass is 35.5.